The van der Waals surface area contributed by atoms with E-state index in [4.69, 9.17) is 5.11 Å². The Hall–Kier alpha value is -1.13. The van der Waals surface area contributed by atoms with Gasteiger partial charge in [-0.3, -0.25) is 4.79 Å². The molecule has 0 fully saturated rings. The molecule has 0 spiro atoms. The number of hydrogen-bond acceptors (Lipinski definition) is 2. The molecule has 2 N–H and O–H groups in total. The Kier molecular flexibility index (Phi) is 2.39. The van der Waals surface area contributed by atoms with Gasteiger partial charge in [-0.15, -0.1) is 0 Å². The Morgan fingerprint density at radius 1 is 1.43 bits per heavy atom. The number of fused-ring (bicyclic) bond motifs is 1. The smallest absolute Gasteiger partial charge is 0.166 e. The average molecular weight is 254 g/mol. The minimum Gasteiger partial charge on any atom is -0.392 e. The highest BCUT2D eigenvalue weighted by atomic mass is 79.9. The van der Waals surface area contributed by atoms with Crippen LogP contribution in [0, 0.1) is 0 Å². The average Bonchev–Trinajstić information content (AvgIpc) is 2.58. The lowest BCUT2D eigenvalue weighted by Crippen LogP contribution is -1.84. The van der Waals surface area contributed by atoms with Crippen LogP contribution < -0.4 is 0 Å². The van der Waals surface area contributed by atoms with Gasteiger partial charge in [-0.1, -0.05) is 15.9 Å². The van der Waals surface area contributed by atoms with Crippen molar-refractivity contribution >= 4 is 33.1 Å². The van der Waals surface area contributed by atoms with Crippen LogP contribution in [0.2, 0.25) is 0 Å². The number of aliphatic hydroxyl groups excluding tert-OH is 1. The number of nitrogens with one attached hydrogen (secondary N) is 1. The molecule has 0 amide bonds. The number of aromatic amines is 1. The van der Waals surface area contributed by atoms with Gasteiger partial charge in [0.15, 0.2) is 6.29 Å². The number of carbonyl (C=O) groups is 1. The Morgan fingerprint density at radius 2 is 2.21 bits per heavy atom. The van der Waals surface area contributed by atoms with Crippen molar-refractivity contribution < 1.29 is 9.90 Å². The van der Waals surface area contributed by atoms with Gasteiger partial charge in [0, 0.05) is 15.4 Å². The molecule has 0 unspecified atom stereocenters. The molecule has 0 atom stereocenters. The maximum atomic E-state index is 10.5. The highest BCUT2D eigenvalue weighted by Crippen LogP contribution is 2.24. The third-order valence-electron chi connectivity index (χ3n) is 2.11. The third-order valence-corrected chi connectivity index (χ3v) is 2.84. The van der Waals surface area contributed by atoms with E-state index in [-0.39, 0.29) is 6.61 Å². The minimum atomic E-state index is -0.0157. The molecule has 0 aliphatic heterocycles. The number of aromatic nitrogens is 1. The van der Waals surface area contributed by atoms with E-state index >= 15 is 0 Å². The molecule has 2 aromatic rings. The number of aliphatic hydroxyl groups is 1. The first kappa shape index (κ1) is 9.43. The van der Waals surface area contributed by atoms with Crippen molar-refractivity contribution in [1.82, 2.24) is 4.98 Å². The molecule has 72 valence electrons. The predicted octanol–water partition coefficient (Wildman–Crippen LogP) is 2.24. The summed E-state index contributed by atoms with van der Waals surface area (Å²) in [6.45, 7) is -0.0157. The molecule has 0 saturated heterocycles. The summed E-state index contributed by atoms with van der Waals surface area (Å²) in [7, 11) is 0. The first-order valence-corrected chi connectivity index (χ1v) is 4.91. The first-order chi connectivity index (χ1) is 6.74. The van der Waals surface area contributed by atoms with E-state index in [9.17, 15) is 4.79 Å². The summed E-state index contributed by atoms with van der Waals surface area (Å²) in [4.78, 5) is 13.5. The summed E-state index contributed by atoms with van der Waals surface area (Å²) in [6.07, 6.45) is 0.770. The van der Waals surface area contributed by atoms with Crippen molar-refractivity contribution in [1.29, 1.82) is 0 Å². The maximum absolute atomic E-state index is 10.5. The zero-order valence-corrected chi connectivity index (χ0v) is 8.84. The van der Waals surface area contributed by atoms with Gasteiger partial charge in [0.25, 0.3) is 0 Å². The summed E-state index contributed by atoms with van der Waals surface area (Å²) in [6, 6.07) is 5.46. The van der Waals surface area contributed by atoms with E-state index in [2.05, 4.69) is 20.9 Å². The number of carbonyl (C=O) groups excluding carboxylic acids is 1. The van der Waals surface area contributed by atoms with Gasteiger partial charge >= 0.3 is 0 Å². The second kappa shape index (κ2) is 3.55. The van der Waals surface area contributed by atoms with Crippen LogP contribution >= 0.6 is 15.9 Å². The van der Waals surface area contributed by atoms with Gasteiger partial charge in [0.1, 0.15) is 0 Å². The zero-order chi connectivity index (χ0) is 10.1. The lowest BCUT2D eigenvalue weighted by atomic mass is 10.2. The molecule has 0 saturated carbocycles. The lowest BCUT2D eigenvalue weighted by Gasteiger charge is -1.99. The third kappa shape index (κ3) is 1.47. The highest BCUT2D eigenvalue weighted by Gasteiger charge is 2.04. The summed E-state index contributed by atoms with van der Waals surface area (Å²) >= 11 is 3.34. The predicted molar refractivity (Wildman–Crippen MR) is 57.3 cm³/mol. The SMILES string of the molecule is O=Cc1cc2cc(CO)c(Br)cc2[nH]1. The molecule has 0 radical (unpaired) electrons. The highest BCUT2D eigenvalue weighted by molar-refractivity contribution is 9.10. The van der Waals surface area contributed by atoms with Crippen LogP contribution in [0.5, 0.6) is 0 Å². The van der Waals surface area contributed by atoms with Crippen LogP contribution in [0.3, 0.4) is 0 Å². The fraction of sp³-hybridized carbons (Fsp3) is 0.100. The molecular weight excluding hydrogens is 246 g/mol. The minimum absolute atomic E-state index is 0.0157. The summed E-state index contributed by atoms with van der Waals surface area (Å²) in [5, 5.41) is 9.96. The van der Waals surface area contributed by atoms with E-state index in [0.717, 1.165) is 27.2 Å². The van der Waals surface area contributed by atoms with Crippen molar-refractivity contribution in [3.05, 3.63) is 33.9 Å². The molecule has 4 heteroatoms. The van der Waals surface area contributed by atoms with Gasteiger partial charge in [0.2, 0.25) is 0 Å². The Bertz CT molecular complexity index is 490. The Labute approximate surface area is 88.9 Å². The number of halogens is 1. The first-order valence-electron chi connectivity index (χ1n) is 4.12. The molecule has 2 rings (SSSR count). The van der Waals surface area contributed by atoms with Gasteiger partial charge in [-0.25, -0.2) is 0 Å². The fourth-order valence-corrected chi connectivity index (χ4v) is 1.88. The second-order valence-corrected chi connectivity index (χ2v) is 3.89. The standard InChI is InChI=1S/C10H8BrNO2/c11-9-3-10-6(1-7(9)4-13)2-8(5-14)12-10/h1-3,5,12-13H,4H2. The largest absolute Gasteiger partial charge is 0.392 e. The molecule has 14 heavy (non-hydrogen) atoms. The molecular formula is C10H8BrNO2. The van der Waals surface area contributed by atoms with Crippen LogP contribution in [-0.2, 0) is 6.61 Å². The van der Waals surface area contributed by atoms with Gasteiger partial charge in [-0.2, -0.15) is 0 Å². The van der Waals surface area contributed by atoms with E-state index in [1.165, 1.54) is 0 Å². The van der Waals surface area contributed by atoms with Gasteiger partial charge < -0.3 is 10.1 Å². The van der Waals surface area contributed by atoms with Crippen LogP contribution in [0.1, 0.15) is 16.1 Å². The van der Waals surface area contributed by atoms with Crippen molar-refractivity contribution in [3.63, 3.8) is 0 Å². The van der Waals surface area contributed by atoms with Crippen molar-refractivity contribution in [3.8, 4) is 0 Å². The molecule has 1 aromatic heterocycles. The molecule has 1 aromatic carbocycles. The Morgan fingerprint density at radius 3 is 2.86 bits per heavy atom. The molecule has 0 bridgehead atoms. The van der Waals surface area contributed by atoms with Gasteiger partial charge in [-0.05, 0) is 23.8 Å². The normalized spacial score (nSPS) is 10.7. The van der Waals surface area contributed by atoms with Gasteiger partial charge in [0.05, 0.1) is 12.3 Å². The number of H-pyrrole nitrogens is 1. The quantitative estimate of drug-likeness (QED) is 0.807. The summed E-state index contributed by atoms with van der Waals surface area (Å²) in [5.74, 6) is 0. The second-order valence-electron chi connectivity index (χ2n) is 3.03. The van der Waals surface area contributed by atoms with Crippen molar-refractivity contribution in [2.45, 2.75) is 6.61 Å². The molecule has 0 aliphatic rings. The Balaban J connectivity index is 2.69. The fourth-order valence-electron chi connectivity index (χ4n) is 1.41. The summed E-state index contributed by atoms with van der Waals surface area (Å²) < 4.78 is 0.840. The molecule has 1 heterocycles. The van der Waals surface area contributed by atoms with Crippen LogP contribution in [0.25, 0.3) is 10.9 Å². The lowest BCUT2D eigenvalue weighted by molar-refractivity contribution is 0.112. The van der Waals surface area contributed by atoms with Crippen LogP contribution in [-0.4, -0.2) is 16.4 Å². The van der Waals surface area contributed by atoms with Crippen LogP contribution in [0.15, 0.2) is 22.7 Å². The molecule has 3 nitrogen and oxygen atoms in total. The topological polar surface area (TPSA) is 53.1 Å². The van der Waals surface area contributed by atoms with Crippen molar-refractivity contribution in [2.24, 2.45) is 0 Å². The zero-order valence-electron chi connectivity index (χ0n) is 7.25. The molecule has 0 aliphatic carbocycles. The van der Waals surface area contributed by atoms with E-state index < -0.39 is 0 Å². The number of aldehydes is 1. The van der Waals surface area contributed by atoms with E-state index in [1.54, 1.807) is 6.07 Å². The maximum Gasteiger partial charge on any atom is 0.166 e. The van der Waals surface area contributed by atoms with E-state index in [0.29, 0.717) is 5.69 Å². The monoisotopic (exact) mass is 253 g/mol. The number of hydrogen-bond donors (Lipinski definition) is 2. The summed E-state index contributed by atoms with van der Waals surface area (Å²) in [5.41, 5.74) is 2.24. The number of benzene rings is 1. The van der Waals surface area contributed by atoms with Crippen molar-refractivity contribution in [2.75, 3.05) is 0 Å². The van der Waals surface area contributed by atoms with Crippen LogP contribution in [0.4, 0.5) is 0 Å². The van der Waals surface area contributed by atoms with E-state index in [1.807, 2.05) is 12.1 Å². The number of rotatable bonds is 2.